The van der Waals surface area contributed by atoms with E-state index in [0.717, 1.165) is 42.4 Å². The molecule has 1 fully saturated rings. The van der Waals surface area contributed by atoms with Crippen LogP contribution in [0.4, 0.5) is 29.0 Å². The van der Waals surface area contributed by atoms with Crippen LogP contribution in [0.3, 0.4) is 0 Å². The number of halogens is 1. The van der Waals surface area contributed by atoms with Gasteiger partial charge >= 0.3 is 0 Å². The molecule has 0 saturated carbocycles. The molecule has 0 bridgehead atoms. The summed E-state index contributed by atoms with van der Waals surface area (Å²) in [6, 6.07) is 8.01. The van der Waals surface area contributed by atoms with E-state index in [9.17, 15) is 10.1 Å². The molecule has 8 nitrogen and oxygen atoms in total. The highest BCUT2D eigenvalue weighted by atomic mass is 79.9. The molecule has 1 amide bonds. The SMILES string of the molecule is Cc1cc(N2C(=O)Cc3c2nc(N)c2c(N)nc(N4CCCCC4)c(C#N)c32)ccc1Br. The van der Waals surface area contributed by atoms with Crippen molar-refractivity contribution in [3.8, 4) is 6.07 Å². The van der Waals surface area contributed by atoms with Crippen LogP contribution in [0.2, 0.25) is 0 Å². The van der Waals surface area contributed by atoms with Crippen molar-refractivity contribution < 1.29 is 4.79 Å². The van der Waals surface area contributed by atoms with Crippen LogP contribution < -0.4 is 21.3 Å². The number of benzene rings is 1. The van der Waals surface area contributed by atoms with Gasteiger partial charge in [0.2, 0.25) is 5.91 Å². The van der Waals surface area contributed by atoms with Crippen molar-refractivity contribution in [1.82, 2.24) is 9.97 Å². The fourth-order valence-corrected chi connectivity index (χ4v) is 4.92. The maximum atomic E-state index is 13.1. The lowest BCUT2D eigenvalue weighted by molar-refractivity contribution is -0.116. The first kappa shape index (κ1) is 20.5. The number of nitriles is 1. The fourth-order valence-electron chi connectivity index (χ4n) is 4.68. The van der Waals surface area contributed by atoms with Crippen molar-refractivity contribution in [3.63, 3.8) is 0 Å². The third-order valence-electron chi connectivity index (χ3n) is 6.22. The van der Waals surface area contributed by atoms with Gasteiger partial charge in [-0.3, -0.25) is 9.69 Å². The van der Waals surface area contributed by atoms with E-state index in [4.69, 9.17) is 11.5 Å². The summed E-state index contributed by atoms with van der Waals surface area (Å²) in [7, 11) is 0. The molecule has 2 aliphatic heterocycles. The second-order valence-corrected chi connectivity index (χ2v) is 9.10. The summed E-state index contributed by atoms with van der Waals surface area (Å²) >= 11 is 3.50. The number of piperidine rings is 1. The van der Waals surface area contributed by atoms with Gasteiger partial charge in [-0.1, -0.05) is 15.9 Å². The summed E-state index contributed by atoms with van der Waals surface area (Å²) in [6.45, 7) is 3.60. The van der Waals surface area contributed by atoms with Crippen LogP contribution in [0.25, 0.3) is 10.8 Å². The second kappa shape index (κ2) is 7.64. The number of pyridine rings is 2. The number of amides is 1. The lowest BCUT2D eigenvalue weighted by Crippen LogP contribution is -2.31. The van der Waals surface area contributed by atoms with Gasteiger partial charge in [-0.15, -0.1) is 0 Å². The van der Waals surface area contributed by atoms with Gasteiger partial charge in [-0.25, -0.2) is 9.97 Å². The van der Waals surface area contributed by atoms with Crippen LogP contribution in [-0.4, -0.2) is 29.0 Å². The number of carbonyl (C=O) groups excluding carboxylic acids is 1. The number of hydrogen-bond acceptors (Lipinski definition) is 7. The molecule has 0 spiro atoms. The fraction of sp³-hybridized carbons (Fsp3) is 0.304. The third kappa shape index (κ3) is 3.06. The van der Waals surface area contributed by atoms with Gasteiger partial charge in [0.15, 0.2) is 0 Å². The Morgan fingerprint density at radius 1 is 1.06 bits per heavy atom. The molecule has 2 aliphatic rings. The highest BCUT2D eigenvalue weighted by Crippen LogP contribution is 2.44. The molecule has 1 saturated heterocycles. The Morgan fingerprint density at radius 3 is 2.41 bits per heavy atom. The standard InChI is InChI=1S/C23H22BrN7O/c1-12-9-13(5-6-16(12)24)31-17(32)10-14-18-15(11-25)22(30-7-3-2-4-8-30)28-20(26)19(18)21(27)29-23(14)31/h5-6,9H,2-4,7-8,10H2,1H3,(H2,26,28)(H2,27,29). The number of nitrogens with two attached hydrogens (primary N) is 2. The molecule has 9 heteroatoms. The van der Waals surface area contributed by atoms with Gasteiger partial charge in [-0.05, 0) is 49.9 Å². The van der Waals surface area contributed by atoms with Crippen LogP contribution >= 0.6 is 15.9 Å². The number of nitrogens with zero attached hydrogens (tertiary/aromatic N) is 5. The first-order chi connectivity index (χ1) is 15.4. The van der Waals surface area contributed by atoms with E-state index in [1.54, 1.807) is 4.90 Å². The molecule has 4 heterocycles. The zero-order valence-electron chi connectivity index (χ0n) is 17.7. The quantitative estimate of drug-likeness (QED) is 0.555. The molecule has 32 heavy (non-hydrogen) atoms. The van der Waals surface area contributed by atoms with Crippen molar-refractivity contribution in [2.75, 3.05) is 34.4 Å². The van der Waals surface area contributed by atoms with E-state index in [0.29, 0.717) is 39.2 Å². The minimum atomic E-state index is -0.125. The van der Waals surface area contributed by atoms with Crippen molar-refractivity contribution in [2.24, 2.45) is 0 Å². The minimum absolute atomic E-state index is 0.117. The van der Waals surface area contributed by atoms with Crippen molar-refractivity contribution in [1.29, 1.82) is 5.26 Å². The largest absolute Gasteiger partial charge is 0.383 e. The Balaban J connectivity index is 1.78. The molecule has 162 valence electrons. The van der Waals surface area contributed by atoms with Gasteiger partial charge in [0.25, 0.3) is 0 Å². The van der Waals surface area contributed by atoms with Crippen LogP contribution in [0.5, 0.6) is 0 Å². The second-order valence-electron chi connectivity index (χ2n) is 8.24. The minimum Gasteiger partial charge on any atom is -0.383 e. The van der Waals surface area contributed by atoms with Crippen LogP contribution in [-0.2, 0) is 11.2 Å². The lowest BCUT2D eigenvalue weighted by Gasteiger charge is -2.29. The Hall–Kier alpha value is -3.38. The number of aryl methyl sites for hydroxylation is 1. The normalized spacial score (nSPS) is 15.8. The van der Waals surface area contributed by atoms with E-state index in [-0.39, 0.29) is 24.0 Å². The maximum absolute atomic E-state index is 13.1. The van der Waals surface area contributed by atoms with E-state index in [1.807, 2.05) is 25.1 Å². The van der Waals surface area contributed by atoms with Gasteiger partial charge in [-0.2, -0.15) is 5.26 Å². The van der Waals surface area contributed by atoms with Gasteiger partial charge in [0.1, 0.15) is 34.9 Å². The molecule has 0 atom stereocenters. The van der Waals surface area contributed by atoms with Crippen molar-refractivity contribution >= 4 is 61.6 Å². The Labute approximate surface area is 194 Å². The molecule has 4 N–H and O–H groups in total. The molecule has 1 aromatic carbocycles. The van der Waals surface area contributed by atoms with Gasteiger partial charge < -0.3 is 16.4 Å². The van der Waals surface area contributed by atoms with Crippen LogP contribution in [0.1, 0.15) is 36.0 Å². The monoisotopic (exact) mass is 491 g/mol. The van der Waals surface area contributed by atoms with E-state index >= 15 is 0 Å². The Kier molecular flexibility index (Phi) is 4.90. The number of carbonyl (C=O) groups is 1. The smallest absolute Gasteiger partial charge is 0.237 e. The lowest BCUT2D eigenvalue weighted by atomic mass is 9.99. The predicted molar refractivity (Wildman–Crippen MR) is 129 cm³/mol. The van der Waals surface area contributed by atoms with Crippen molar-refractivity contribution in [3.05, 3.63) is 39.4 Å². The number of nitrogen functional groups attached to an aromatic ring is 2. The van der Waals surface area contributed by atoms with Crippen LogP contribution in [0, 0.1) is 18.3 Å². The molecular weight excluding hydrogens is 470 g/mol. The first-order valence-electron chi connectivity index (χ1n) is 10.6. The molecule has 0 radical (unpaired) electrons. The Morgan fingerprint density at radius 2 is 1.75 bits per heavy atom. The highest BCUT2D eigenvalue weighted by Gasteiger charge is 2.35. The maximum Gasteiger partial charge on any atom is 0.237 e. The van der Waals surface area contributed by atoms with Crippen molar-refractivity contribution in [2.45, 2.75) is 32.6 Å². The summed E-state index contributed by atoms with van der Waals surface area (Å²) < 4.78 is 0.955. The molecular formula is C23H22BrN7O. The molecule has 5 rings (SSSR count). The number of rotatable bonds is 2. The number of hydrogen-bond donors (Lipinski definition) is 2. The predicted octanol–water partition coefficient (Wildman–Crippen LogP) is 3.95. The average Bonchev–Trinajstić information content (AvgIpc) is 3.11. The molecule has 2 aromatic heterocycles. The summed E-state index contributed by atoms with van der Waals surface area (Å²) in [6.07, 6.45) is 3.35. The number of fused-ring (bicyclic) bond motifs is 3. The number of anilines is 5. The van der Waals surface area contributed by atoms with E-state index in [2.05, 4.69) is 36.9 Å². The first-order valence-corrected chi connectivity index (χ1v) is 11.4. The van der Waals surface area contributed by atoms with E-state index in [1.165, 1.54) is 0 Å². The zero-order valence-corrected chi connectivity index (χ0v) is 19.2. The number of aromatic nitrogens is 2. The highest BCUT2D eigenvalue weighted by molar-refractivity contribution is 9.10. The van der Waals surface area contributed by atoms with Gasteiger partial charge in [0, 0.05) is 28.5 Å². The molecule has 0 aliphatic carbocycles. The topological polar surface area (TPSA) is 125 Å². The Bertz CT molecular complexity index is 1320. The van der Waals surface area contributed by atoms with E-state index < -0.39 is 0 Å². The summed E-state index contributed by atoms with van der Waals surface area (Å²) in [5.74, 6) is 1.29. The third-order valence-corrected chi connectivity index (χ3v) is 7.11. The summed E-state index contributed by atoms with van der Waals surface area (Å²) in [4.78, 5) is 25.9. The summed E-state index contributed by atoms with van der Waals surface area (Å²) in [5, 5.41) is 11.2. The van der Waals surface area contributed by atoms with Crippen LogP contribution in [0.15, 0.2) is 22.7 Å². The summed E-state index contributed by atoms with van der Waals surface area (Å²) in [5.41, 5.74) is 15.4. The molecule has 0 unspecified atom stereocenters. The van der Waals surface area contributed by atoms with Gasteiger partial charge in [0.05, 0.1) is 17.5 Å². The average molecular weight is 492 g/mol. The molecule has 3 aromatic rings. The zero-order chi connectivity index (χ0) is 22.6.